The van der Waals surface area contributed by atoms with Gasteiger partial charge in [-0.1, -0.05) is 12.1 Å². The number of hydrogen-bond acceptors (Lipinski definition) is 4. The van der Waals surface area contributed by atoms with Gasteiger partial charge in [0.1, 0.15) is 9.84 Å². The molecular weight excluding hydrogens is 276 g/mol. The first kappa shape index (κ1) is 15.0. The van der Waals surface area contributed by atoms with Crippen LogP contribution in [0.4, 0.5) is 5.69 Å². The van der Waals surface area contributed by atoms with Gasteiger partial charge in [0, 0.05) is 24.4 Å². The number of sulfone groups is 1. The lowest BCUT2D eigenvalue weighted by molar-refractivity contribution is -0.116. The lowest BCUT2D eigenvalue weighted by Gasteiger charge is -2.17. The van der Waals surface area contributed by atoms with E-state index in [4.69, 9.17) is 0 Å². The molecule has 1 atom stereocenters. The minimum atomic E-state index is -3.05. The zero-order chi connectivity index (χ0) is 14.8. The molecule has 5 nitrogen and oxygen atoms in total. The third-order valence-electron chi connectivity index (χ3n) is 3.47. The van der Waals surface area contributed by atoms with E-state index in [9.17, 15) is 13.2 Å². The van der Waals surface area contributed by atoms with Gasteiger partial charge in [-0.15, -0.1) is 0 Å². The number of benzene rings is 1. The number of fused-ring (bicyclic) bond motifs is 1. The van der Waals surface area contributed by atoms with Gasteiger partial charge in [-0.05, 0) is 37.1 Å². The molecule has 2 rings (SSSR count). The van der Waals surface area contributed by atoms with Crippen molar-refractivity contribution in [3.8, 4) is 0 Å². The monoisotopic (exact) mass is 296 g/mol. The number of nitrogens with one attached hydrogen (secondary N) is 2. The molecule has 0 aromatic heterocycles. The number of carbonyl (C=O) groups excluding carboxylic acids is 1. The first-order valence-corrected chi connectivity index (χ1v) is 8.73. The minimum absolute atomic E-state index is 0.0396. The van der Waals surface area contributed by atoms with Gasteiger partial charge in [-0.25, -0.2) is 8.42 Å². The maximum atomic E-state index is 11.5. The van der Waals surface area contributed by atoms with Gasteiger partial charge in [0.25, 0.3) is 0 Å². The molecule has 1 amide bonds. The molecule has 0 fully saturated rings. The number of carbonyl (C=O) groups is 1. The third-order valence-corrected chi connectivity index (χ3v) is 4.41. The van der Waals surface area contributed by atoms with Crippen LogP contribution in [0.1, 0.15) is 30.0 Å². The molecule has 2 N–H and O–H groups in total. The Bertz CT molecular complexity index is 611. The van der Waals surface area contributed by atoms with Gasteiger partial charge < -0.3 is 10.6 Å². The summed E-state index contributed by atoms with van der Waals surface area (Å²) in [5.41, 5.74) is 2.85. The Morgan fingerprint density at radius 2 is 2.10 bits per heavy atom. The van der Waals surface area contributed by atoms with Crippen LogP contribution in [0, 0.1) is 0 Å². The molecular formula is C14H20N2O3S. The number of aryl methyl sites for hydroxylation is 1. The molecule has 1 aromatic rings. The largest absolute Gasteiger partial charge is 0.326 e. The Labute approximate surface area is 119 Å². The Balaban J connectivity index is 2.29. The predicted molar refractivity (Wildman–Crippen MR) is 79.5 cm³/mol. The Hall–Kier alpha value is -1.40. The van der Waals surface area contributed by atoms with Gasteiger partial charge in [0.2, 0.25) is 5.91 Å². The highest BCUT2D eigenvalue weighted by molar-refractivity contribution is 7.90. The normalized spacial score (nSPS) is 17.0. The average molecular weight is 296 g/mol. The molecule has 1 unspecified atom stereocenters. The topological polar surface area (TPSA) is 75.3 Å². The molecule has 110 valence electrons. The van der Waals surface area contributed by atoms with Crippen LogP contribution in [0.15, 0.2) is 18.2 Å². The van der Waals surface area contributed by atoms with Crippen molar-refractivity contribution in [3.05, 3.63) is 29.3 Å². The van der Waals surface area contributed by atoms with Crippen molar-refractivity contribution >= 4 is 21.4 Å². The van der Waals surface area contributed by atoms with E-state index in [0.29, 0.717) is 6.42 Å². The van der Waals surface area contributed by atoms with E-state index in [1.165, 1.54) is 6.26 Å². The van der Waals surface area contributed by atoms with Gasteiger partial charge in [0.05, 0.1) is 5.75 Å². The fourth-order valence-electron chi connectivity index (χ4n) is 2.46. The van der Waals surface area contributed by atoms with E-state index < -0.39 is 9.84 Å². The van der Waals surface area contributed by atoms with E-state index >= 15 is 0 Å². The lowest BCUT2D eigenvalue weighted by Crippen LogP contribution is -2.24. The third kappa shape index (κ3) is 3.80. The molecule has 0 radical (unpaired) electrons. The summed E-state index contributed by atoms with van der Waals surface area (Å²) in [5.74, 6) is 0.104. The maximum Gasteiger partial charge on any atom is 0.224 e. The van der Waals surface area contributed by atoms with Crippen LogP contribution in [-0.4, -0.2) is 33.4 Å². The van der Waals surface area contributed by atoms with Crippen LogP contribution in [0.3, 0.4) is 0 Å². The van der Waals surface area contributed by atoms with Crippen LogP contribution in [0.2, 0.25) is 0 Å². The summed E-state index contributed by atoms with van der Waals surface area (Å²) < 4.78 is 22.9. The molecule has 0 saturated heterocycles. The van der Waals surface area contributed by atoms with E-state index in [2.05, 4.69) is 10.6 Å². The molecule has 1 aromatic carbocycles. The fourth-order valence-corrected chi connectivity index (χ4v) is 3.42. The van der Waals surface area contributed by atoms with E-state index in [0.717, 1.165) is 29.7 Å². The molecule has 1 aliphatic heterocycles. The highest BCUT2D eigenvalue weighted by Crippen LogP contribution is 2.26. The van der Waals surface area contributed by atoms with E-state index in [-0.39, 0.29) is 17.7 Å². The van der Waals surface area contributed by atoms with Crippen molar-refractivity contribution in [3.63, 3.8) is 0 Å². The number of amides is 1. The smallest absolute Gasteiger partial charge is 0.224 e. The van der Waals surface area contributed by atoms with Crippen molar-refractivity contribution in [2.45, 2.75) is 25.3 Å². The lowest BCUT2D eigenvalue weighted by atomic mass is 10.0. The van der Waals surface area contributed by atoms with Crippen LogP contribution < -0.4 is 10.6 Å². The highest BCUT2D eigenvalue weighted by atomic mass is 32.2. The summed E-state index contributed by atoms with van der Waals surface area (Å²) in [4.78, 5) is 11.5. The second-order valence-corrected chi connectivity index (χ2v) is 7.44. The van der Waals surface area contributed by atoms with Crippen LogP contribution in [-0.2, 0) is 21.1 Å². The SMILES string of the molecule is CNC(CS(C)(=O)=O)c1ccc2c(c1)CCCC(=O)N2. The Morgan fingerprint density at radius 1 is 1.35 bits per heavy atom. The summed E-state index contributed by atoms with van der Waals surface area (Å²) in [6.07, 6.45) is 3.42. The van der Waals surface area contributed by atoms with Crippen molar-refractivity contribution in [2.75, 3.05) is 24.4 Å². The van der Waals surface area contributed by atoms with Gasteiger partial charge in [0.15, 0.2) is 0 Å². The fraction of sp³-hybridized carbons (Fsp3) is 0.500. The maximum absolute atomic E-state index is 11.5. The van der Waals surface area contributed by atoms with Crippen LogP contribution >= 0.6 is 0 Å². The zero-order valence-corrected chi connectivity index (χ0v) is 12.6. The summed E-state index contributed by atoms with van der Waals surface area (Å²) in [7, 11) is -1.30. The summed E-state index contributed by atoms with van der Waals surface area (Å²) in [6, 6.07) is 5.50. The molecule has 6 heteroatoms. The first-order valence-electron chi connectivity index (χ1n) is 6.67. The highest BCUT2D eigenvalue weighted by Gasteiger charge is 2.18. The second-order valence-electron chi connectivity index (χ2n) is 5.25. The van der Waals surface area contributed by atoms with Crippen LogP contribution in [0.25, 0.3) is 0 Å². The number of hydrogen-bond donors (Lipinski definition) is 2. The molecule has 0 spiro atoms. The van der Waals surface area contributed by atoms with Gasteiger partial charge in [-0.3, -0.25) is 4.79 Å². The summed E-state index contributed by atoms with van der Waals surface area (Å²) in [6.45, 7) is 0. The molecule has 0 saturated carbocycles. The van der Waals surface area contributed by atoms with Gasteiger partial charge >= 0.3 is 0 Å². The standard InChI is InChI=1S/C14H20N2O3S/c1-15-13(9-20(2,18)19)11-6-7-12-10(8-11)4-3-5-14(17)16-12/h6-8,13,15H,3-5,9H2,1-2H3,(H,16,17). The van der Waals surface area contributed by atoms with E-state index in [1.54, 1.807) is 7.05 Å². The number of rotatable bonds is 4. The molecule has 20 heavy (non-hydrogen) atoms. The van der Waals surface area contributed by atoms with Gasteiger partial charge in [-0.2, -0.15) is 0 Å². The van der Waals surface area contributed by atoms with Crippen LogP contribution in [0.5, 0.6) is 0 Å². The number of anilines is 1. The van der Waals surface area contributed by atoms with Crippen molar-refractivity contribution in [1.82, 2.24) is 5.32 Å². The van der Waals surface area contributed by atoms with E-state index in [1.807, 2.05) is 18.2 Å². The molecule has 0 aliphatic carbocycles. The summed E-state index contributed by atoms with van der Waals surface area (Å²) in [5, 5.41) is 5.92. The average Bonchev–Trinajstić information content (AvgIpc) is 2.54. The predicted octanol–water partition coefficient (Wildman–Crippen LogP) is 1.27. The van der Waals surface area contributed by atoms with Crippen molar-refractivity contribution < 1.29 is 13.2 Å². The molecule has 0 bridgehead atoms. The molecule has 1 aliphatic rings. The van der Waals surface area contributed by atoms with Crippen molar-refractivity contribution in [2.24, 2.45) is 0 Å². The minimum Gasteiger partial charge on any atom is -0.326 e. The molecule has 1 heterocycles. The van der Waals surface area contributed by atoms with Crippen molar-refractivity contribution in [1.29, 1.82) is 0 Å². The Morgan fingerprint density at radius 3 is 2.75 bits per heavy atom. The quantitative estimate of drug-likeness (QED) is 0.877. The Kier molecular flexibility index (Phi) is 4.45. The first-order chi connectivity index (χ1) is 9.39. The second kappa shape index (κ2) is 5.93. The summed E-state index contributed by atoms with van der Waals surface area (Å²) >= 11 is 0. The zero-order valence-electron chi connectivity index (χ0n) is 11.8.